The van der Waals surface area contributed by atoms with E-state index in [9.17, 15) is 4.79 Å². The monoisotopic (exact) mass is 296 g/mol. The third-order valence-electron chi connectivity index (χ3n) is 2.92. The molecule has 0 spiro atoms. The van der Waals surface area contributed by atoms with Gasteiger partial charge in [0.15, 0.2) is 0 Å². The summed E-state index contributed by atoms with van der Waals surface area (Å²) in [6.45, 7) is 6.82. The SMILES string of the molecule is CC1NC(C)(C)CN(c2cccc(Br)c2)C1=O. The van der Waals surface area contributed by atoms with Crippen molar-refractivity contribution in [1.29, 1.82) is 0 Å². The van der Waals surface area contributed by atoms with Gasteiger partial charge in [-0.1, -0.05) is 22.0 Å². The molecule has 0 aromatic heterocycles. The first kappa shape index (κ1) is 12.6. The number of benzene rings is 1. The molecule has 1 amide bonds. The Balaban J connectivity index is 2.33. The van der Waals surface area contributed by atoms with E-state index >= 15 is 0 Å². The third-order valence-corrected chi connectivity index (χ3v) is 3.41. The number of hydrogen-bond donors (Lipinski definition) is 1. The van der Waals surface area contributed by atoms with Crippen LogP contribution < -0.4 is 10.2 Å². The van der Waals surface area contributed by atoms with E-state index in [0.717, 1.165) is 10.2 Å². The first-order chi connectivity index (χ1) is 7.89. The van der Waals surface area contributed by atoms with E-state index in [0.29, 0.717) is 6.54 Å². The summed E-state index contributed by atoms with van der Waals surface area (Å²) in [4.78, 5) is 14.0. The maximum absolute atomic E-state index is 12.2. The molecule has 92 valence electrons. The highest BCUT2D eigenvalue weighted by atomic mass is 79.9. The molecule has 1 fully saturated rings. The molecule has 1 atom stereocenters. The smallest absolute Gasteiger partial charge is 0.243 e. The highest BCUT2D eigenvalue weighted by Crippen LogP contribution is 2.25. The van der Waals surface area contributed by atoms with E-state index in [-0.39, 0.29) is 17.5 Å². The molecule has 1 aliphatic heterocycles. The number of rotatable bonds is 1. The standard InChI is InChI=1S/C13H17BrN2O/c1-9-12(17)16(8-13(2,3)15-9)11-6-4-5-10(14)7-11/h4-7,9,15H,8H2,1-3H3. The minimum atomic E-state index is -0.141. The average molecular weight is 297 g/mol. The van der Waals surface area contributed by atoms with Gasteiger partial charge in [-0.05, 0) is 39.0 Å². The summed E-state index contributed by atoms with van der Waals surface area (Å²) in [7, 11) is 0. The van der Waals surface area contributed by atoms with Crippen molar-refractivity contribution in [3.05, 3.63) is 28.7 Å². The molecular weight excluding hydrogens is 280 g/mol. The van der Waals surface area contributed by atoms with Gasteiger partial charge < -0.3 is 4.90 Å². The van der Waals surface area contributed by atoms with E-state index in [2.05, 4.69) is 35.1 Å². The van der Waals surface area contributed by atoms with Crippen LogP contribution >= 0.6 is 15.9 Å². The summed E-state index contributed by atoms with van der Waals surface area (Å²) in [6, 6.07) is 7.72. The van der Waals surface area contributed by atoms with Crippen LogP contribution in [0.2, 0.25) is 0 Å². The number of nitrogens with zero attached hydrogens (tertiary/aromatic N) is 1. The van der Waals surface area contributed by atoms with E-state index in [1.165, 1.54) is 0 Å². The van der Waals surface area contributed by atoms with Crippen molar-refractivity contribution in [2.75, 3.05) is 11.4 Å². The number of carbonyl (C=O) groups is 1. The Kier molecular flexibility index (Phi) is 3.27. The molecule has 17 heavy (non-hydrogen) atoms. The van der Waals surface area contributed by atoms with Gasteiger partial charge in [-0.3, -0.25) is 10.1 Å². The van der Waals surface area contributed by atoms with Crippen molar-refractivity contribution in [3.63, 3.8) is 0 Å². The number of nitrogens with one attached hydrogen (secondary N) is 1. The molecule has 0 saturated carbocycles. The highest BCUT2D eigenvalue weighted by Gasteiger charge is 2.36. The lowest BCUT2D eigenvalue weighted by molar-refractivity contribution is -0.122. The predicted molar refractivity (Wildman–Crippen MR) is 73.2 cm³/mol. The summed E-state index contributed by atoms with van der Waals surface area (Å²) in [5.41, 5.74) is 0.890. The summed E-state index contributed by atoms with van der Waals surface area (Å²) >= 11 is 3.44. The number of carbonyl (C=O) groups excluding carboxylic acids is 1. The lowest BCUT2D eigenvalue weighted by Gasteiger charge is -2.42. The fourth-order valence-electron chi connectivity index (χ4n) is 2.26. The summed E-state index contributed by atoms with van der Waals surface area (Å²) in [5.74, 6) is 0.127. The van der Waals surface area contributed by atoms with Crippen molar-refractivity contribution < 1.29 is 4.79 Å². The molecular formula is C13H17BrN2O. The van der Waals surface area contributed by atoms with E-state index in [1.807, 2.05) is 36.1 Å². The largest absolute Gasteiger partial charge is 0.309 e. The van der Waals surface area contributed by atoms with E-state index in [4.69, 9.17) is 0 Å². The molecule has 3 nitrogen and oxygen atoms in total. The Labute approximate surface area is 110 Å². The van der Waals surface area contributed by atoms with Crippen LogP contribution in [0, 0.1) is 0 Å². The quantitative estimate of drug-likeness (QED) is 0.864. The van der Waals surface area contributed by atoms with Gasteiger partial charge in [0, 0.05) is 22.2 Å². The van der Waals surface area contributed by atoms with Gasteiger partial charge in [0.2, 0.25) is 5.91 Å². The van der Waals surface area contributed by atoms with Crippen LogP contribution in [-0.2, 0) is 4.79 Å². The molecule has 1 aromatic rings. The molecule has 0 aliphatic carbocycles. The highest BCUT2D eigenvalue weighted by molar-refractivity contribution is 9.10. The molecule has 0 radical (unpaired) electrons. The molecule has 1 aliphatic rings. The zero-order chi connectivity index (χ0) is 12.6. The normalized spacial score (nSPS) is 23.9. The lowest BCUT2D eigenvalue weighted by Crippen LogP contribution is -2.64. The summed E-state index contributed by atoms with van der Waals surface area (Å²) < 4.78 is 0.992. The average Bonchev–Trinajstić information content (AvgIpc) is 2.23. The first-order valence-corrected chi connectivity index (χ1v) is 6.53. The second kappa shape index (κ2) is 4.42. The minimum Gasteiger partial charge on any atom is -0.309 e. The molecule has 1 unspecified atom stereocenters. The molecule has 1 saturated heterocycles. The Morgan fingerprint density at radius 1 is 1.47 bits per heavy atom. The Hall–Kier alpha value is -0.870. The zero-order valence-corrected chi connectivity index (χ0v) is 11.9. The van der Waals surface area contributed by atoms with Crippen molar-refractivity contribution >= 4 is 27.5 Å². The van der Waals surface area contributed by atoms with Gasteiger partial charge >= 0.3 is 0 Å². The summed E-state index contributed by atoms with van der Waals surface area (Å²) in [6.07, 6.45) is 0. The number of anilines is 1. The lowest BCUT2D eigenvalue weighted by atomic mass is 9.98. The zero-order valence-electron chi connectivity index (χ0n) is 10.3. The molecule has 2 rings (SSSR count). The van der Waals surface area contributed by atoms with Crippen LogP contribution in [0.5, 0.6) is 0 Å². The second-order valence-corrected chi connectivity index (χ2v) is 6.07. The molecule has 1 heterocycles. The van der Waals surface area contributed by atoms with Crippen molar-refractivity contribution in [3.8, 4) is 0 Å². The molecule has 4 heteroatoms. The van der Waals surface area contributed by atoms with Gasteiger partial charge in [-0.2, -0.15) is 0 Å². The van der Waals surface area contributed by atoms with Crippen LogP contribution in [0.3, 0.4) is 0 Å². The van der Waals surface area contributed by atoms with E-state index < -0.39 is 0 Å². The Morgan fingerprint density at radius 3 is 2.82 bits per heavy atom. The van der Waals surface area contributed by atoms with Crippen molar-refractivity contribution in [2.24, 2.45) is 0 Å². The van der Waals surface area contributed by atoms with Crippen LogP contribution in [0.4, 0.5) is 5.69 Å². The fraction of sp³-hybridized carbons (Fsp3) is 0.462. The number of piperazine rings is 1. The van der Waals surface area contributed by atoms with Crippen molar-refractivity contribution in [1.82, 2.24) is 5.32 Å². The van der Waals surface area contributed by atoms with Gasteiger partial charge in [0.1, 0.15) is 0 Å². The van der Waals surface area contributed by atoms with Crippen molar-refractivity contribution in [2.45, 2.75) is 32.4 Å². The number of amides is 1. The fourth-order valence-corrected chi connectivity index (χ4v) is 2.65. The topological polar surface area (TPSA) is 32.3 Å². The number of halogens is 1. The van der Waals surface area contributed by atoms with Gasteiger partial charge in [0.05, 0.1) is 6.04 Å². The van der Waals surface area contributed by atoms with Crippen LogP contribution in [0.15, 0.2) is 28.7 Å². The Bertz CT molecular complexity index is 445. The van der Waals surface area contributed by atoms with Crippen LogP contribution in [0.1, 0.15) is 20.8 Å². The van der Waals surface area contributed by atoms with E-state index in [1.54, 1.807) is 0 Å². The Morgan fingerprint density at radius 2 is 2.18 bits per heavy atom. The molecule has 1 N–H and O–H groups in total. The number of hydrogen-bond acceptors (Lipinski definition) is 2. The maximum Gasteiger partial charge on any atom is 0.243 e. The maximum atomic E-state index is 12.2. The third kappa shape index (κ3) is 2.69. The summed E-state index contributed by atoms with van der Waals surface area (Å²) in [5, 5.41) is 3.32. The van der Waals surface area contributed by atoms with Gasteiger partial charge in [-0.15, -0.1) is 0 Å². The van der Waals surface area contributed by atoms with Gasteiger partial charge in [0.25, 0.3) is 0 Å². The van der Waals surface area contributed by atoms with Gasteiger partial charge in [-0.25, -0.2) is 0 Å². The predicted octanol–water partition coefficient (Wildman–Crippen LogP) is 2.55. The first-order valence-electron chi connectivity index (χ1n) is 5.74. The molecule has 1 aromatic carbocycles. The minimum absolute atomic E-state index is 0.0599. The second-order valence-electron chi connectivity index (χ2n) is 5.15. The van der Waals surface area contributed by atoms with Crippen LogP contribution in [0.25, 0.3) is 0 Å². The molecule has 0 bridgehead atoms. The van der Waals surface area contributed by atoms with Crippen LogP contribution in [-0.4, -0.2) is 24.0 Å².